The van der Waals surface area contributed by atoms with Crippen molar-refractivity contribution in [2.75, 3.05) is 14.1 Å². The fourth-order valence-electron chi connectivity index (χ4n) is 1.57. The maximum absolute atomic E-state index is 11.4. The van der Waals surface area contributed by atoms with Crippen molar-refractivity contribution < 1.29 is 9.59 Å². The van der Waals surface area contributed by atoms with Crippen LogP contribution in [-0.2, 0) is 0 Å². The van der Waals surface area contributed by atoms with E-state index in [2.05, 4.69) is 16.2 Å². The summed E-state index contributed by atoms with van der Waals surface area (Å²) in [6.07, 6.45) is -0.513. The second kappa shape index (κ2) is 2.49. The molecule has 2 heterocycles. The molecular weight excluding hydrogens is 174 g/mol. The topological polar surface area (TPSA) is 76.7 Å². The second-order valence-corrected chi connectivity index (χ2v) is 3.14. The van der Waals surface area contributed by atoms with Crippen molar-refractivity contribution in [2.24, 2.45) is 0 Å². The molecule has 0 unspecified atom stereocenters. The van der Waals surface area contributed by atoms with Gasteiger partial charge in [-0.25, -0.2) is 15.0 Å². The number of hydrogen-bond acceptors (Lipinski definition) is 3. The molecule has 0 spiro atoms. The van der Waals surface area contributed by atoms with Gasteiger partial charge in [0.1, 0.15) is 12.3 Å². The summed E-state index contributed by atoms with van der Waals surface area (Å²) in [6.45, 7) is 0. The summed E-state index contributed by atoms with van der Waals surface area (Å²) < 4.78 is 0. The van der Waals surface area contributed by atoms with Crippen LogP contribution >= 0.6 is 0 Å². The molecule has 2 atom stereocenters. The monoisotopic (exact) mass is 185 g/mol. The van der Waals surface area contributed by atoms with Gasteiger partial charge >= 0.3 is 12.1 Å². The third-order valence-electron chi connectivity index (χ3n) is 2.35. The van der Waals surface area contributed by atoms with Crippen LogP contribution in [0, 0.1) is 0 Å². The Kier molecular flexibility index (Phi) is 1.56. The first-order valence-corrected chi connectivity index (χ1v) is 3.93. The van der Waals surface area contributed by atoms with Crippen LogP contribution in [0.3, 0.4) is 0 Å². The largest absolute Gasteiger partial charge is 0.330 e. The van der Waals surface area contributed by atoms with Crippen molar-refractivity contribution in [2.45, 2.75) is 12.3 Å². The molecular formula is C6H11N5O2. The minimum atomic E-state index is -0.323. The van der Waals surface area contributed by atoms with Crippen LogP contribution in [-0.4, -0.2) is 48.3 Å². The van der Waals surface area contributed by atoms with E-state index in [0.717, 1.165) is 0 Å². The molecule has 2 aliphatic heterocycles. The quantitative estimate of drug-likeness (QED) is 0.428. The van der Waals surface area contributed by atoms with Gasteiger partial charge in [0.15, 0.2) is 0 Å². The van der Waals surface area contributed by atoms with E-state index >= 15 is 0 Å². The van der Waals surface area contributed by atoms with Crippen molar-refractivity contribution in [3.63, 3.8) is 0 Å². The van der Waals surface area contributed by atoms with Gasteiger partial charge in [-0.05, 0) is 0 Å². The number of fused-ring (bicyclic) bond motifs is 1. The Morgan fingerprint density at radius 1 is 1.15 bits per heavy atom. The van der Waals surface area contributed by atoms with E-state index < -0.39 is 0 Å². The Labute approximate surface area is 75.0 Å². The number of carbonyl (C=O) groups is 2. The molecule has 0 aromatic heterocycles. The zero-order valence-corrected chi connectivity index (χ0v) is 7.37. The number of urea groups is 2. The van der Waals surface area contributed by atoms with E-state index in [4.69, 9.17) is 0 Å². The Hall–Kier alpha value is -1.50. The number of hydrazine groups is 1. The van der Waals surface area contributed by atoms with E-state index in [0.29, 0.717) is 0 Å². The lowest BCUT2D eigenvalue weighted by molar-refractivity contribution is 0.159. The minimum Gasteiger partial charge on any atom is -0.313 e. The summed E-state index contributed by atoms with van der Waals surface area (Å²) in [7, 11) is 3.33. The maximum Gasteiger partial charge on any atom is 0.330 e. The summed E-state index contributed by atoms with van der Waals surface area (Å²) in [6, 6.07) is -0.442. The van der Waals surface area contributed by atoms with Gasteiger partial charge in [0.25, 0.3) is 0 Å². The molecule has 2 aliphatic rings. The van der Waals surface area contributed by atoms with Gasteiger partial charge in [-0.2, -0.15) is 0 Å². The SMILES string of the molecule is CN1C(=O)N(C)[C@H]2NC(=O)NN[C@H]21. The van der Waals surface area contributed by atoms with Gasteiger partial charge in [0, 0.05) is 14.1 Å². The minimum absolute atomic E-state index is 0.119. The van der Waals surface area contributed by atoms with E-state index in [1.165, 1.54) is 9.80 Å². The smallest absolute Gasteiger partial charge is 0.313 e. The normalized spacial score (nSPS) is 32.8. The lowest BCUT2D eigenvalue weighted by Gasteiger charge is -2.31. The summed E-state index contributed by atoms with van der Waals surface area (Å²) >= 11 is 0. The van der Waals surface area contributed by atoms with Crippen molar-refractivity contribution in [1.82, 2.24) is 26.0 Å². The molecule has 0 aromatic carbocycles. The average molecular weight is 185 g/mol. The van der Waals surface area contributed by atoms with Crippen LogP contribution in [0.4, 0.5) is 9.59 Å². The van der Waals surface area contributed by atoms with Crippen LogP contribution in [0.25, 0.3) is 0 Å². The fraction of sp³-hybridized carbons (Fsp3) is 0.667. The van der Waals surface area contributed by atoms with Crippen LogP contribution < -0.4 is 16.2 Å². The number of nitrogens with zero attached hydrogens (tertiary/aromatic N) is 2. The van der Waals surface area contributed by atoms with Crippen LogP contribution in [0.5, 0.6) is 0 Å². The second-order valence-electron chi connectivity index (χ2n) is 3.14. The van der Waals surface area contributed by atoms with Crippen molar-refractivity contribution in [3.05, 3.63) is 0 Å². The Bertz CT molecular complexity index is 268. The number of amides is 4. The van der Waals surface area contributed by atoms with Crippen LogP contribution in [0.2, 0.25) is 0 Å². The Balaban J connectivity index is 2.22. The fourth-order valence-corrected chi connectivity index (χ4v) is 1.57. The van der Waals surface area contributed by atoms with E-state index in [1.54, 1.807) is 14.1 Å². The molecule has 0 aromatic rings. The highest BCUT2D eigenvalue weighted by molar-refractivity contribution is 5.81. The lowest BCUT2D eigenvalue weighted by Crippen LogP contribution is -2.67. The average Bonchev–Trinajstić information content (AvgIpc) is 2.32. The highest BCUT2D eigenvalue weighted by Gasteiger charge is 2.44. The maximum atomic E-state index is 11.4. The Morgan fingerprint density at radius 2 is 1.77 bits per heavy atom. The van der Waals surface area contributed by atoms with Gasteiger partial charge in [-0.15, -0.1) is 0 Å². The van der Waals surface area contributed by atoms with Gasteiger partial charge in [-0.1, -0.05) is 0 Å². The van der Waals surface area contributed by atoms with E-state index in [-0.39, 0.29) is 24.4 Å². The molecule has 2 rings (SSSR count). The van der Waals surface area contributed by atoms with Crippen LogP contribution in [0.15, 0.2) is 0 Å². The number of nitrogens with one attached hydrogen (secondary N) is 3. The molecule has 0 aliphatic carbocycles. The molecule has 0 saturated carbocycles. The molecule has 2 saturated heterocycles. The summed E-state index contributed by atoms with van der Waals surface area (Å²) in [5, 5.41) is 2.64. The molecule has 0 radical (unpaired) electrons. The number of carbonyl (C=O) groups excluding carboxylic acids is 2. The molecule has 72 valence electrons. The summed E-state index contributed by atoms with van der Waals surface area (Å²) in [5.41, 5.74) is 5.15. The molecule has 3 N–H and O–H groups in total. The van der Waals surface area contributed by atoms with Crippen LogP contribution in [0.1, 0.15) is 0 Å². The van der Waals surface area contributed by atoms with E-state index in [1.807, 2.05) is 0 Å². The third-order valence-corrected chi connectivity index (χ3v) is 2.35. The zero-order valence-electron chi connectivity index (χ0n) is 7.37. The first kappa shape index (κ1) is 8.11. The molecule has 0 bridgehead atoms. The first-order chi connectivity index (χ1) is 6.11. The molecule has 13 heavy (non-hydrogen) atoms. The number of rotatable bonds is 0. The van der Waals surface area contributed by atoms with Crippen molar-refractivity contribution in [1.29, 1.82) is 0 Å². The summed E-state index contributed by atoms with van der Waals surface area (Å²) in [4.78, 5) is 25.3. The molecule has 2 fully saturated rings. The van der Waals surface area contributed by atoms with Gasteiger partial charge in [0.05, 0.1) is 0 Å². The highest BCUT2D eigenvalue weighted by Crippen LogP contribution is 2.16. The molecule has 4 amide bonds. The standard InChI is InChI=1S/C6H11N5O2/c1-10-3-4(11(2)6(10)13)8-9-5(12)7-3/h3-4,8H,1-2H3,(H2,7,9,12)/t3-,4+/m1/s1. The van der Waals surface area contributed by atoms with Gasteiger partial charge < -0.3 is 15.1 Å². The van der Waals surface area contributed by atoms with Crippen molar-refractivity contribution in [3.8, 4) is 0 Å². The predicted molar refractivity (Wildman–Crippen MR) is 43.3 cm³/mol. The Morgan fingerprint density at radius 3 is 2.46 bits per heavy atom. The van der Waals surface area contributed by atoms with Gasteiger partial charge in [-0.3, -0.25) is 5.43 Å². The molecule has 7 nitrogen and oxygen atoms in total. The first-order valence-electron chi connectivity index (χ1n) is 3.93. The zero-order chi connectivity index (χ0) is 9.59. The third kappa shape index (κ3) is 1.00. The van der Waals surface area contributed by atoms with Gasteiger partial charge in [0.2, 0.25) is 0 Å². The van der Waals surface area contributed by atoms with E-state index in [9.17, 15) is 9.59 Å². The number of likely N-dealkylation sites (N-methyl/N-ethyl adjacent to an activating group) is 2. The summed E-state index contributed by atoms with van der Waals surface area (Å²) in [5.74, 6) is 0. The molecule has 7 heteroatoms. The lowest BCUT2D eigenvalue weighted by atomic mass is 10.3. The van der Waals surface area contributed by atoms with Crippen molar-refractivity contribution >= 4 is 12.1 Å². The predicted octanol–water partition coefficient (Wildman–Crippen LogP) is -1.55. The highest BCUT2D eigenvalue weighted by atomic mass is 16.2. The number of hydrogen-bond donors (Lipinski definition) is 3.